The number of hydrogen-bond acceptors (Lipinski definition) is 2. The molecule has 0 fully saturated rings. The van der Waals surface area contributed by atoms with Crippen molar-refractivity contribution >= 4 is 29.0 Å². The summed E-state index contributed by atoms with van der Waals surface area (Å²) in [5.74, 6) is 0.0761. The fourth-order valence-corrected chi connectivity index (χ4v) is 2.02. The van der Waals surface area contributed by atoms with Crippen molar-refractivity contribution < 1.29 is 4.79 Å². The molecule has 1 atom stereocenters. The molecule has 0 heterocycles. The van der Waals surface area contributed by atoms with Crippen LogP contribution in [0.3, 0.4) is 0 Å². The molecule has 0 saturated carbocycles. The SMILES string of the molecule is CCCCNC(CC)C(=O)c1ccc(Cl)c(Cl)c1. The van der Waals surface area contributed by atoms with Crippen molar-refractivity contribution in [2.24, 2.45) is 0 Å². The van der Waals surface area contributed by atoms with E-state index in [1.165, 1.54) is 0 Å². The number of hydrogen-bond donors (Lipinski definition) is 1. The summed E-state index contributed by atoms with van der Waals surface area (Å²) < 4.78 is 0. The number of rotatable bonds is 7. The number of nitrogens with one attached hydrogen (secondary N) is 1. The van der Waals surface area contributed by atoms with Gasteiger partial charge in [-0.2, -0.15) is 0 Å². The van der Waals surface area contributed by atoms with Crippen LogP contribution in [0.1, 0.15) is 43.5 Å². The van der Waals surface area contributed by atoms with E-state index >= 15 is 0 Å². The quantitative estimate of drug-likeness (QED) is 0.597. The normalized spacial score (nSPS) is 12.4. The molecule has 0 spiro atoms. The van der Waals surface area contributed by atoms with Gasteiger partial charge < -0.3 is 5.32 Å². The first-order valence-electron chi connectivity index (χ1n) is 6.32. The molecule has 0 aromatic heterocycles. The number of carbonyl (C=O) groups is 1. The largest absolute Gasteiger partial charge is 0.307 e. The van der Waals surface area contributed by atoms with Crippen LogP contribution in [-0.4, -0.2) is 18.4 Å². The van der Waals surface area contributed by atoms with E-state index in [1.807, 2.05) is 6.92 Å². The van der Waals surface area contributed by atoms with Gasteiger partial charge in [0.2, 0.25) is 0 Å². The summed E-state index contributed by atoms with van der Waals surface area (Å²) in [5.41, 5.74) is 0.611. The molecule has 0 aliphatic carbocycles. The number of halogens is 2. The van der Waals surface area contributed by atoms with Crippen LogP contribution in [-0.2, 0) is 0 Å². The zero-order chi connectivity index (χ0) is 13.5. The molecule has 0 saturated heterocycles. The second-order valence-electron chi connectivity index (χ2n) is 4.26. The standard InChI is InChI=1S/C14H19Cl2NO/c1-3-5-8-17-13(4-2)14(18)10-6-7-11(15)12(16)9-10/h6-7,9,13,17H,3-5,8H2,1-2H3. The summed E-state index contributed by atoms with van der Waals surface area (Å²) >= 11 is 11.8. The van der Waals surface area contributed by atoms with Gasteiger partial charge in [0.1, 0.15) is 0 Å². The Balaban J connectivity index is 2.73. The van der Waals surface area contributed by atoms with Crippen LogP contribution in [0.5, 0.6) is 0 Å². The molecule has 0 bridgehead atoms. The van der Waals surface area contributed by atoms with Gasteiger partial charge in [0.25, 0.3) is 0 Å². The summed E-state index contributed by atoms with van der Waals surface area (Å²) in [4.78, 5) is 12.3. The van der Waals surface area contributed by atoms with E-state index in [0.29, 0.717) is 15.6 Å². The van der Waals surface area contributed by atoms with Gasteiger partial charge in [-0.25, -0.2) is 0 Å². The van der Waals surface area contributed by atoms with Crippen LogP contribution in [0.4, 0.5) is 0 Å². The molecule has 1 aromatic carbocycles. The molecule has 1 N–H and O–H groups in total. The summed E-state index contributed by atoms with van der Waals surface area (Å²) in [6.07, 6.45) is 2.96. The maximum Gasteiger partial charge on any atom is 0.179 e. The van der Waals surface area contributed by atoms with Crippen LogP contribution in [0, 0.1) is 0 Å². The Labute approximate surface area is 119 Å². The molecule has 1 rings (SSSR count). The lowest BCUT2D eigenvalue weighted by Gasteiger charge is -2.16. The topological polar surface area (TPSA) is 29.1 Å². The number of carbonyl (C=O) groups excluding carboxylic acids is 1. The van der Waals surface area contributed by atoms with Crippen LogP contribution in [0.25, 0.3) is 0 Å². The predicted octanol–water partition coefficient (Wildman–Crippen LogP) is 4.34. The Morgan fingerprint density at radius 3 is 2.56 bits per heavy atom. The van der Waals surface area contributed by atoms with E-state index in [1.54, 1.807) is 18.2 Å². The maximum atomic E-state index is 12.3. The molecule has 0 radical (unpaired) electrons. The predicted molar refractivity (Wildman–Crippen MR) is 77.8 cm³/mol. The molecule has 0 aliphatic rings. The van der Waals surface area contributed by atoms with E-state index in [0.717, 1.165) is 25.8 Å². The van der Waals surface area contributed by atoms with Crippen LogP contribution >= 0.6 is 23.2 Å². The minimum absolute atomic E-state index is 0.0761. The highest BCUT2D eigenvalue weighted by Crippen LogP contribution is 2.23. The number of Topliss-reactive ketones (excluding diaryl/α,β-unsaturated/α-hetero) is 1. The smallest absolute Gasteiger partial charge is 0.179 e. The second kappa shape index (κ2) is 7.78. The highest BCUT2D eigenvalue weighted by molar-refractivity contribution is 6.42. The average Bonchev–Trinajstić information content (AvgIpc) is 2.37. The fourth-order valence-electron chi connectivity index (χ4n) is 1.73. The summed E-state index contributed by atoms with van der Waals surface area (Å²) in [6, 6.07) is 4.88. The van der Waals surface area contributed by atoms with Crippen molar-refractivity contribution in [3.63, 3.8) is 0 Å². The minimum atomic E-state index is -0.145. The highest BCUT2D eigenvalue weighted by Gasteiger charge is 2.18. The van der Waals surface area contributed by atoms with Crippen molar-refractivity contribution in [1.82, 2.24) is 5.32 Å². The summed E-state index contributed by atoms with van der Waals surface area (Å²) in [5, 5.41) is 4.17. The second-order valence-corrected chi connectivity index (χ2v) is 5.08. The van der Waals surface area contributed by atoms with E-state index in [4.69, 9.17) is 23.2 Å². The third-order valence-electron chi connectivity index (χ3n) is 2.85. The van der Waals surface area contributed by atoms with Crippen LogP contribution < -0.4 is 5.32 Å². The van der Waals surface area contributed by atoms with Gasteiger partial charge in [-0.3, -0.25) is 4.79 Å². The van der Waals surface area contributed by atoms with Gasteiger partial charge in [0.15, 0.2) is 5.78 Å². The molecule has 100 valence electrons. The molecule has 0 amide bonds. The first-order valence-corrected chi connectivity index (χ1v) is 7.08. The average molecular weight is 288 g/mol. The fraction of sp³-hybridized carbons (Fsp3) is 0.500. The molecular weight excluding hydrogens is 269 g/mol. The number of unbranched alkanes of at least 4 members (excludes halogenated alkanes) is 1. The first-order chi connectivity index (χ1) is 8.60. The lowest BCUT2D eigenvalue weighted by atomic mass is 10.0. The zero-order valence-electron chi connectivity index (χ0n) is 10.8. The number of benzene rings is 1. The zero-order valence-corrected chi connectivity index (χ0v) is 12.3. The molecule has 4 heteroatoms. The summed E-state index contributed by atoms with van der Waals surface area (Å²) in [6.45, 7) is 4.99. The van der Waals surface area contributed by atoms with Gasteiger partial charge >= 0.3 is 0 Å². The monoisotopic (exact) mass is 287 g/mol. The maximum absolute atomic E-state index is 12.3. The van der Waals surface area contributed by atoms with Gasteiger partial charge in [-0.1, -0.05) is 43.5 Å². The Morgan fingerprint density at radius 1 is 1.28 bits per heavy atom. The van der Waals surface area contributed by atoms with Crippen molar-refractivity contribution in [2.75, 3.05) is 6.54 Å². The Kier molecular flexibility index (Phi) is 6.69. The van der Waals surface area contributed by atoms with Crippen molar-refractivity contribution in [1.29, 1.82) is 0 Å². The van der Waals surface area contributed by atoms with E-state index in [-0.39, 0.29) is 11.8 Å². The molecule has 2 nitrogen and oxygen atoms in total. The van der Waals surface area contributed by atoms with Gasteiger partial charge in [0.05, 0.1) is 16.1 Å². The van der Waals surface area contributed by atoms with Crippen LogP contribution in [0.2, 0.25) is 10.0 Å². The van der Waals surface area contributed by atoms with Gasteiger partial charge in [-0.05, 0) is 37.6 Å². The third kappa shape index (κ3) is 4.27. The molecule has 1 aromatic rings. The number of ketones is 1. The minimum Gasteiger partial charge on any atom is -0.307 e. The van der Waals surface area contributed by atoms with Crippen molar-refractivity contribution in [2.45, 2.75) is 39.2 Å². The van der Waals surface area contributed by atoms with E-state index in [9.17, 15) is 4.79 Å². The molecule has 0 aliphatic heterocycles. The summed E-state index contributed by atoms with van der Waals surface area (Å²) in [7, 11) is 0. The van der Waals surface area contributed by atoms with Crippen molar-refractivity contribution in [3.8, 4) is 0 Å². The van der Waals surface area contributed by atoms with E-state index < -0.39 is 0 Å². The highest BCUT2D eigenvalue weighted by atomic mass is 35.5. The van der Waals surface area contributed by atoms with Crippen LogP contribution in [0.15, 0.2) is 18.2 Å². The lowest BCUT2D eigenvalue weighted by molar-refractivity contribution is 0.0940. The Hall–Kier alpha value is -0.570. The lowest BCUT2D eigenvalue weighted by Crippen LogP contribution is -2.36. The van der Waals surface area contributed by atoms with Crippen molar-refractivity contribution in [3.05, 3.63) is 33.8 Å². The molecule has 18 heavy (non-hydrogen) atoms. The van der Waals surface area contributed by atoms with E-state index in [2.05, 4.69) is 12.2 Å². The van der Waals surface area contributed by atoms with Gasteiger partial charge in [0, 0.05) is 5.56 Å². The van der Waals surface area contributed by atoms with Gasteiger partial charge in [-0.15, -0.1) is 0 Å². The molecular formula is C14H19Cl2NO. The first kappa shape index (κ1) is 15.5. The Bertz CT molecular complexity index is 407. The Morgan fingerprint density at radius 2 is 2.00 bits per heavy atom. The molecule has 1 unspecified atom stereocenters. The third-order valence-corrected chi connectivity index (χ3v) is 3.59.